The molecule has 1 saturated heterocycles. The van der Waals surface area contributed by atoms with Crippen LogP contribution in [-0.2, 0) is 16.1 Å². The number of fused-ring (bicyclic) bond motifs is 1. The highest BCUT2D eigenvalue weighted by Gasteiger charge is 2.40. The van der Waals surface area contributed by atoms with Crippen molar-refractivity contribution in [3.05, 3.63) is 34.9 Å². The number of carbonyl (C=O) groups is 4. The summed E-state index contributed by atoms with van der Waals surface area (Å²) >= 11 is 0. The Labute approximate surface area is 144 Å². The van der Waals surface area contributed by atoms with Gasteiger partial charge in [0.05, 0.1) is 6.54 Å². The average molecular weight is 339 g/mol. The zero-order valence-electron chi connectivity index (χ0n) is 13.7. The van der Waals surface area contributed by atoms with Crippen LogP contribution in [0.15, 0.2) is 18.2 Å². The van der Waals surface area contributed by atoms with Crippen LogP contribution >= 0.6 is 0 Å². The Morgan fingerprint density at radius 1 is 1.36 bits per heavy atom. The maximum absolute atomic E-state index is 12.7. The summed E-state index contributed by atoms with van der Waals surface area (Å²) in [5.41, 5.74) is 1.41. The second-order valence-corrected chi connectivity index (χ2v) is 5.84. The van der Waals surface area contributed by atoms with Crippen molar-refractivity contribution in [1.29, 1.82) is 0 Å². The Balaban J connectivity index is 1.84. The van der Waals surface area contributed by atoms with Gasteiger partial charge < -0.3 is 10.2 Å². The molecule has 1 aromatic rings. The van der Waals surface area contributed by atoms with Crippen molar-refractivity contribution in [2.24, 2.45) is 0 Å². The van der Waals surface area contributed by atoms with Gasteiger partial charge in [0, 0.05) is 24.1 Å². The molecule has 2 aliphatic heterocycles. The maximum atomic E-state index is 12.7. The van der Waals surface area contributed by atoms with Crippen LogP contribution in [0.3, 0.4) is 0 Å². The molecule has 7 nitrogen and oxygen atoms in total. The van der Waals surface area contributed by atoms with Gasteiger partial charge in [0.1, 0.15) is 6.04 Å². The molecule has 0 spiro atoms. The quantitative estimate of drug-likeness (QED) is 0.607. The third-order valence-corrected chi connectivity index (χ3v) is 4.34. The number of benzene rings is 1. The number of hydrogen-bond donors (Lipinski definition) is 2. The van der Waals surface area contributed by atoms with Crippen LogP contribution in [0.4, 0.5) is 0 Å². The van der Waals surface area contributed by atoms with Crippen molar-refractivity contribution in [3.63, 3.8) is 0 Å². The molecule has 128 valence electrons. The molecule has 1 unspecified atom stereocenters. The van der Waals surface area contributed by atoms with Gasteiger partial charge in [-0.05, 0) is 31.0 Å². The van der Waals surface area contributed by atoms with E-state index in [0.717, 1.165) is 0 Å². The van der Waals surface area contributed by atoms with Crippen LogP contribution < -0.4 is 10.6 Å². The summed E-state index contributed by atoms with van der Waals surface area (Å²) < 4.78 is 0. The van der Waals surface area contributed by atoms with Crippen molar-refractivity contribution in [2.75, 3.05) is 6.54 Å². The number of imide groups is 1. The second-order valence-electron chi connectivity index (χ2n) is 5.84. The molecule has 2 N–H and O–H groups in total. The predicted octanol–water partition coefficient (Wildman–Crippen LogP) is 0.201. The lowest BCUT2D eigenvalue weighted by Gasteiger charge is -2.29. The van der Waals surface area contributed by atoms with Crippen LogP contribution in [0.5, 0.6) is 0 Å². The smallest absolute Gasteiger partial charge is 0.255 e. The summed E-state index contributed by atoms with van der Waals surface area (Å²) in [6, 6.07) is 4.24. The molecule has 0 saturated carbocycles. The molecular formula is C18H17N3O4. The second kappa shape index (κ2) is 6.77. The third-order valence-electron chi connectivity index (χ3n) is 4.34. The van der Waals surface area contributed by atoms with Gasteiger partial charge in [-0.25, -0.2) is 0 Å². The van der Waals surface area contributed by atoms with E-state index < -0.39 is 11.9 Å². The Kier molecular flexibility index (Phi) is 4.52. The minimum atomic E-state index is -0.695. The average Bonchev–Trinajstić information content (AvgIpc) is 2.92. The van der Waals surface area contributed by atoms with Crippen LogP contribution in [0.2, 0.25) is 0 Å². The molecule has 3 rings (SSSR count). The fourth-order valence-corrected chi connectivity index (χ4v) is 3.11. The van der Waals surface area contributed by atoms with Crippen molar-refractivity contribution in [3.8, 4) is 11.8 Å². The number of hydrogen-bond acceptors (Lipinski definition) is 4. The van der Waals surface area contributed by atoms with Gasteiger partial charge in [0.15, 0.2) is 0 Å². The zero-order valence-corrected chi connectivity index (χ0v) is 13.7. The van der Waals surface area contributed by atoms with E-state index in [2.05, 4.69) is 22.5 Å². The molecule has 0 bridgehead atoms. The predicted molar refractivity (Wildman–Crippen MR) is 88.3 cm³/mol. The zero-order chi connectivity index (χ0) is 18.0. The van der Waals surface area contributed by atoms with E-state index in [1.807, 2.05) is 0 Å². The van der Waals surface area contributed by atoms with Crippen LogP contribution in [-0.4, -0.2) is 41.1 Å². The lowest BCUT2D eigenvalue weighted by molar-refractivity contribution is -0.136. The molecule has 1 atom stereocenters. The first-order valence-corrected chi connectivity index (χ1v) is 7.97. The number of rotatable bonds is 3. The molecule has 25 heavy (non-hydrogen) atoms. The molecular weight excluding hydrogens is 322 g/mol. The summed E-state index contributed by atoms with van der Waals surface area (Å²) in [6.07, 6.45) is 0.484. The normalized spacial score (nSPS) is 19.0. The van der Waals surface area contributed by atoms with Crippen molar-refractivity contribution in [1.82, 2.24) is 15.5 Å². The fourth-order valence-electron chi connectivity index (χ4n) is 3.11. The van der Waals surface area contributed by atoms with Gasteiger partial charge in [-0.2, -0.15) is 0 Å². The third kappa shape index (κ3) is 3.11. The first-order valence-electron chi connectivity index (χ1n) is 7.97. The largest absolute Gasteiger partial charge is 0.341 e. The van der Waals surface area contributed by atoms with E-state index in [1.165, 1.54) is 4.90 Å². The first kappa shape index (κ1) is 16.7. The lowest BCUT2D eigenvalue weighted by Crippen LogP contribution is -2.52. The number of carbonyl (C=O) groups excluding carboxylic acids is 4. The van der Waals surface area contributed by atoms with E-state index in [9.17, 15) is 19.2 Å². The molecule has 2 heterocycles. The van der Waals surface area contributed by atoms with Gasteiger partial charge >= 0.3 is 0 Å². The summed E-state index contributed by atoms with van der Waals surface area (Å²) in [6.45, 7) is 2.08. The molecule has 4 amide bonds. The van der Waals surface area contributed by atoms with Gasteiger partial charge in [-0.1, -0.05) is 12.0 Å². The minimum absolute atomic E-state index is 0.170. The summed E-state index contributed by atoms with van der Waals surface area (Å²) in [5, 5.41) is 4.95. The Morgan fingerprint density at radius 3 is 2.88 bits per heavy atom. The van der Waals surface area contributed by atoms with Crippen LogP contribution in [0.1, 0.15) is 46.0 Å². The molecule has 1 aromatic carbocycles. The van der Waals surface area contributed by atoms with Crippen LogP contribution in [0, 0.1) is 11.8 Å². The van der Waals surface area contributed by atoms with Gasteiger partial charge in [-0.3, -0.25) is 24.5 Å². The van der Waals surface area contributed by atoms with Gasteiger partial charge in [0.2, 0.25) is 11.8 Å². The summed E-state index contributed by atoms with van der Waals surface area (Å²) in [7, 11) is 0. The Bertz CT molecular complexity index is 834. The van der Waals surface area contributed by atoms with E-state index in [4.69, 9.17) is 0 Å². The topological polar surface area (TPSA) is 95.6 Å². The molecule has 7 heteroatoms. The number of piperidine rings is 1. The highest BCUT2D eigenvalue weighted by molar-refractivity contribution is 6.07. The summed E-state index contributed by atoms with van der Waals surface area (Å²) in [5.74, 6) is 4.04. The number of amides is 4. The fraction of sp³-hybridized carbons (Fsp3) is 0.333. The molecule has 1 fully saturated rings. The number of nitrogens with zero attached hydrogens (tertiary/aromatic N) is 1. The van der Waals surface area contributed by atoms with E-state index >= 15 is 0 Å². The Morgan fingerprint density at radius 2 is 2.16 bits per heavy atom. The Hall–Kier alpha value is -3.14. The molecule has 0 aliphatic carbocycles. The van der Waals surface area contributed by atoms with E-state index in [0.29, 0.717) is 16.7 Å². The van der Waals surface area contributed by atoms with Crippen molar-refractivity contribution < 1.29 is 19.2 Å². The SMILES string of the molecule is CC#CCNC(=O)c1cccc2c1CN(C1CCC(=O)NC1=O)C2=O. The van der Waals surface area contributed by atoms with E-state index in [-0.39, 0.29) is 43.7 Å². The first-order chi connectivity index (χ1) is 12.0. The van der Waals surface area contributed by atoms with Crippen molar-refractivity contribution in [2.45, 2.75) is 32.4 Å². The molecule has 0 radical (unpaired) electrons. The van der Waals surface area contributed by atoms with Crippen molar-refractivity contribution >= 4 is 23.6 Å². The maximum Gasteiger partial charge on any atom is 0.255 e. The number of nitrogens with one attached hydrogen (secondary N) is 2. The molecule has 0 aromatic heterocycles. The van der Waals surface area contributed by atoms with Gasteiger partial charge in [0.25, 0.3) is 11.8 Å². The highest BCUT2D eigenvalue weighted by atomic mass is 16.2. The highest BCUT2D eigenvalue weighted by Crippen LogP contribution is 2.29. The van der Waals surface area contributed by atoms with Crippen LogP contribution in [0.25, 0.3) is 0 Å². The monoisotopic (exact) mass is 339 g/mol. The lowest BCUT2D eigenvalue weighted by atomic mass is 10.0. The van der Waals surface area contributed by atoms with Gasteiger partial charge in [-0.15, -0.1) is 5.92 Å². The van der Waals surface area contributed by atoms with E-state index in [1.54, 1.807) is 25.1 Å². The summed E-state index contributed by atoms with van der Waals surface area (Å²) in [4.78, 5) is 49.8. The minimum Gasteiger partial charge on any atom is -0.341 e. The standard InChI is InChI=1S/C18H17N3O4/c1-2-3-9-19-16(23)11-5-4-6-12-13(11)10-21(18(12)25)14-7-8-15(22)20-17(14)24/h4-6,14H,7-10H2,1H3,(H,19,23)(H,20,22,24). The molecule has 2 aliphatic rings.